The fraction of sp³-hybridized carbons (Fsp3) is 0.429. The lowest BCUT2D eigenvalue weighted by atomic mass is 10.2. The van der Waals surface area contributed by atoms with E-state index in [2.05, 4.69) is 10.3 Å². The number of amides is 1. The summed E-state index contributed by atoms with van der Waals surface area (Å²) in [6, 6.07) is 5.60. The lowest BCUT2D eigenvalue weighted by molar-refractivity contribution is -0.123. The largest absolute Gasteiger partial charge is 0.357 e. The molecule has 1 aromatic heterocycles. The van der Waals surface area contributed by atoms with Crippen LogP contribution in [-0.4, -0.2) is 22.5 Å². The Morgan fingerprint density at radius 1 is 1.42 bits per heavy atom. The molecule has 102 valence electrons. The molecule has 0 radical (unpaired) electrons. The average molecular weight is 280 g/mol. The van der Waals surface area contributed by atoms with Crippen molar-refractivity contribution >= 4 is 28.5 Å². The summed E-state index contributed by atoms with van der Waals surface area (Å²) < 4.78 is 1.92. The molecule has 2 aromatic rings. The summed E-state index contributed by atoms with van der Waals surface area (Å²) in [5.41, 5.74) is 2.93. The van der Waals surface area contributed by atoms with Gasteiger partial charge in [0.25, 0.3) is 0 Å². The van der Waals surface area contributed by atoms with Crippen LogP contribution >= 0.6 is 11.6 Å². The molecule has 0 bridgehead atoms. The molecule has 19 heavy (non-hydrogen) atoms. The van der Waals surface area contributed by atoms with Crippen molar-refractivity contribution in [3.05, 3.63) is 29.6 Å². The maximum Gasteiger partial charge on any atom is 0.242 e. The number of hydrogen-bond donors (Lipinski definition) is 1. The molecule has 0 saturated heterocycles. The molecule has 2 unspecified atom stereocenters. The van der Waals surface area contributed by atoms with Crippen LogP contribution in [0.1, 0.15) is 36.7 Å². The molecule has 1 amide bonds. The molecule has 5 heteroatoms. The van der Waals surface area contributed by atoms with Gasteiger partial charge in [-0.1, -0.05) is 12.1 Å². The van der Waals surface area contributed by atoms with Crippen molar-refractivity contribution in [3.63, 3.8) is 0 Å². The molecule has 1 aromatic carbocycles. The number of benzene rings is 1. The van der Waals surface area contributed by atoms with Gasteiger partial charge in [-0.25, -0.2) is 4.98 Å². The number of aromatic nitrogens is 2. The van der Waals surface area contributed by atoms with Gasteiger partial charge < -0.3 is 9.88 Å². The number of fused-ring (bicyclic) bond motifs is 1. The Balaban J connectivity index is 2.72. The maximum atomic E-state index is 11.9. The van der Waals surface area contributed by atoms with Crippen molar-refractivity contribution in [1.29, 1.82) is 0 Å². The molecular weight excluding hydrogens is 262 g/mol. The lowest BCUT2D eigenvalue weighted by Crippen LogP contribution is -2.28. The van der Waals surface area contributed by atoms with Crippen molar-refractivity contribution in [2.45, 2.75) is 32.2 Å². The zero-order valence-corrected chi connectivity index (χ0v) is 12.3. The first kappa shape index (κ1) is 13.9. The average Bonchev–Trinajstić information content (AvgIpc) is 2.78. The highest BCUT2D eigenvalue weighted by Gasteiger charge is 2.23. The predicted molar refractivity (Wildman–Crippen MR) is 77.5 cm³/mol. The molecule has 0 saturated carbocycles. The van der Waals surface area contributed by atoms with Crippen molar-refractivity contribution in [3.8, 4) is 0 Å². The third kappa shape index (κ3) is 2.32. The van der Waals surface area contributed by atoms with E-state index in [4.69, 9.17) is 11.6 Å². The van der Waals surface area contributed by atoms with Crippen LogP contribution < -0.4 is 5.32 Å². The lowest BCUT2D eigenvalue weighted by Gasteiger charge is -2.17. The second-order valence-corrected chi connectivity index (χ2v) is 5.34. The van der Waals surface area contributed by atoms with E-state index in [-0.39, 0.29) is 17.3 Å². The third-order valence-electron chi connectivity index (χ3n) is 3.32. The van der Waals surface area contributed by atoms with Crippen LogP contribution in [-0.2, 0) is 4.79 Å². The van der Waals surface area contributed by atoms with Crippen LogP contribution in [0, 0.1) is 6.92 Å². The molecule has 2 atom stereocenters. The van der Waals surface area contributed by atoms with Gasteiger partial charge in [0.05, 0.1) is 16.4 Å². The summed E-state index contributed by atoms with van der Waals surface area (Å²) in [7, 11) is 1.63. The van der Waals surface area contributed by atoms with Crippen molar-refractivity contribution in [1.82, 2.24) is 14.9 Å². The van der Waals surface area contributed by atoms with Crippen molar-refractivity contribution < 1.29 is 4.79 Å². The van der Waals surface area contributed by atoms with Crippen molar-refractivity contribution in [2.24, 2.45) is 0 Å². The first-order valence-corrected chi connectivity index (χ1v) is 6.74. The van der Waals surface area contributed by atoms with E-state index >= 15 is 0 Å². The van der Waals surface area contributed by atoms with E-state index in [1.807, 2.05) is 43.5 Å². The van der Waals surface area contributed by atoms with Crippen LogP contribution in [0.3, 0.4) is 0 Å². The summed E-state index contributed by atoms with van der Waals surface area (Å²) in [4.78, 5) is 16.5. The number of imidazole rings is 1. The summed E-state index contributed by atoms with van der Waals surface area (Å²) in [5.74, 6) is 0.668. The Morgan fingerprint density at radius 2 is 2.11 bits per heavy atom. The molecule has 2 rings (SSSR count). The van der Waals surface area contributed by atoms with Crippen LogP contribution in [0.4, 0.5) is 0 Å². The highest BCUT2D eigenvalue weighted by atomic mass is 35.5. The van der Waals surface area contributed by atoms with Gasteiger partial charge in [-0.3, -0.25) is 4.79 Å². The first-order valence-electron chi connectivity index (χ1n) is 6.30. The Hall–Kier alpha value is -1.55. The number of likely N-dealkylation sites (N-methyl/N-ethyl adjacent to an activating group) is 1. The normalized spacial score (nSPS) is 14.4. The van der Waals surface area contributed by atoms with E-state index < -0.39 is 0 Å². The summed E-state index contributed by atoms with van der Waals surface area (Å²) in [6.45, 7) is 5.73. The number of para-hydroxylation sites is 1. The highest BCUT2D eigenvalue weighted by Crippen LogP contribution is 2.29. The summed E-state index contributed by atoms with van der Waals surface area (Å²) in [6.07, 6.45) is 0. The molecule has 0 aliphatic heterocycles. The Labute approximate surface area is 117 Å². The highest BCUT2D eigenvalue weighted by molar-refractivity contribution is 6.20. The van der Waals surface area contributed by atoms with Gasteiger partial charge in [0.15, 0.2) is 0 Å². The molecule has 4 nitrogen and oxygen atoms in total. The van der Waals surface area contributed by atoms with E-state index in [1.54, 1.807) is 7.05 Å². The third-order valence-corrected chi connectivity index (χ3v) is 3.51. The first-order chi connectivity index (χ1) is 8.97. The van der Waals surface area contributed by atoms with E-state index in [0.717, 1.165) is 22.4 Å². The minimum Gasteiger partial charge on any atom is -0.357 e. The molecule has 1 heterocycles. The number of halogens is 1. The Bertz CT molecular complexity index is 618. The van der Waals surface area contributed by atoms with E-state index in [9.17, 15) is 4.79 Å². The van der Waals surface area contributed by atoms with E-state index in [1.165, 1.54) is 0 Å². The number of nitrogens with zero attached hydrogens (tertiary/aromatic N) is 2. The molecule has 0 aliphatic carbocycles. The van der Waals surface area contributed by atoms with E-state index in [0.29, 0.717) is 0 Å². The van der Waals surface area contributed by atoms with Crippen molar-refractivity contribution in [2.75, 3.05) is 7.05 Å². The minimum absolute atomic E-state index is 0.0561. The summed E-state index contributed by atoms with van der Waals surface area (Å²) in [5, 5.41) is 2.42. The second kappa shape index (κ2) is 5.21. The number of carbonyl (C=O) groups is 1. The molecule has 0 aliphatic rings. The van der Waals surface area contributed by atoms with Crippen LogP contribution in [0.25, 0.3) is 11.0 Å². The van der Waals surface area contributed by atoms with Gasteiger partial charge in [0.2, 0.25) is 5.91 Å². The number of hydrogen-bond acceptors (Lipinski definition) is 2. The molecule has 0 fully saturated rings. The SMILES string of the molecule is CNC(=O)C(C)n1c(C(C)Cl)nc2c(C)cccc21. The number of alkyl halides is 1. The molecule has 0 spiro atoms. The quantitative estimate of drug-likeness (QED) is 0.878. The van der Waals surface area contributed by atoms with Crippen LogP contribution in [0.2, 0.25) is 0 Å². The van der Waals surface area contributed by atoms with Gasteiger partial charge >= 0.3 is 0 Å². The zero-order chi connectivity index (χ0) is 14.2. The fourth-order valence-corrected chi connectivity index (χ4v) is 2.44. The van der Waals surface area contributed by atoms with Gasteiger partial charge in [-0.2, -0.15) is 0 Å². The smallest absolute Gasteiger partial charge is 0.242 e. The monoisotopic (exact) mass is 279 g/mol. The van der Waals surface area contributed by atoms with Gasteiger partial charge in [0, 0.05) is 7.05 Å². The van der Waals surface area contributed by atoms with Gasteiger partial charge in [0.1, 0.15) is 11.9 Å². The number of carbonyl (C=O) groups excluding carboxylic acids is 1. The fourth-order valence-electron chi connectivity index (χ4n) is 2.29. The number of aryl methyl sites for hydroxylation is 1. The van der Waals surface area contributed by atoms with Crippen LogP contribution in [0.15, 0.2) is 18.2 Å². The maximum absolute atomic E-state index is 11.9. The molecule has 1 N–H and O–H groups in total. The predicted octanol–water partition coefficient (Wildman–Crippen LogP) is 2.95. The van der Waals surface area contributed by atoms with Gasteiger partial charge in [-0.15, -0.1) is 11.6 Å². The number of rotatable bonds is 3. The Morgan fingerprint density at radius 3 is 2.68 bits per heavy atom. The summed E-state index contributed by atoms with van der Waals surface area (Å²) >= 11 is 6.21. The van der Waals surface area contributed by atoms with Crippen LogP contribution in [0.5, 0.6) is 0 Å². The molecular formula is C14H18ClN3O. The zero-order valence-electron chi connectivity index (χ0n) is 11.6. The number of nitrogens with one attached hydrogen (secondary N) is 1. The second-order valence-electron chi connectivity index (χ2n) is 4.69. The van der Waals surface area contributed by atoms with Gasteiger partial charge in [-0.05, 0) is 32.4 Å². The standard InChI is InChI=1S/C14H18ClN3O/c1-8-6-5-7-11-12(8)17-13(9(2)15)18(11)10(3)14(19)16-4/h5-7,9-10H,1-4H3,(H,16,19). The topological polar surface area (TPSA) is 46.9 Å². The minimum atomic E-state index is -0.340. The Kier molecular flexibility index (Phi) is 3.80.